The van der Waals surface area contributed by atoms with E-state index in [0.717, 1.165) is 20.7 Å². The summed E-state index contributed by atoms with van der Waals surface area (Å²) in [6, 6.07) is 17.6. The lowest BCUT2D eigenvalue weighted by Gasteiger charge is -2.11. The van der Waals surface area contributed by atoms with E-state index < -0.39 is 11.6 Å². The number of rotatable bonds is 6. The van der Waals surface area contributed by atoms with E-state index in [2.05, 4.69) is 43.3 Å². The Labute approximate surface area is 195 Å². The molecule has 0 atom stereocenters. The second-order valence-electron chi connectivity index (χ2n) is 6.80. The number of benzene rings is 3. The molecular formula is C23H16F2IN5O. The Morgan fingerprint density at radius 1 is 1.03 bits per heavy atom. The van der Waals surface area contributed by atoms with Crippen LogP contribution in [0.2, 0.25) is 0 Å². The zero-order chi connectivity index (χ0) is 22.7. The standard InChI is InChI=1S/C23H16F2IN5O/c24-13-8-14(26)10-16(9-13)29-19-2-1-3-20-17(19)5-6-21(30-20)22(31-27)12-28-15-4-7-23(32)18(25)11-15/h1-12,27-29,32H/b22-12-,31-27?. The molecule has 0 aliphatic rings. The van der Waals surface area contributed by atoms with Crippen molar-refractivity contribution in [3.8, 4) is 5.75 Å². The normalized spacial score (nSPS) is 11.4. The number of nitrogens with zero attached hydrogens (tertiary/aromatic N) is 2. The zero-order valence-electron chi connectivity index (χ0n) is 16.4. The van der Waals surface area contributed by atoms with E-state index in [9.17, 15) is 13.9 Å². The summed E-state index contributed by atoms with van der Waals surface area (Å²) < 4.78 is 28.0. The van der Waals surface area contributed by atoms with Gasteiger partial charge in [0.2, 0.25) is 0 Å². The van der Waals surface area contributed by atoms with Gasteiger partial charge in [0.1, 0.15) is 11.5 Å². The van der Waals surface area contributed by atoms with E-state index in [1.807, 2.05) is 30.3 Å². The van der Waals surface area contributed by atoms with Gasteiger partial charge in [-0.15, -0.1) is 0 Å². The molecule has 32 heavy (non-hydrogen) atoms. The molecular weight excluding hydrogens is 527 g/mol. The summed E-state index contributed by atoms with van der Waals surface area (Å²) in [6.45, 7) is 0. The van der Waals surface area contributed by atoms with Crippen molar-refractivity contribution < 1.29 is 13.9 Å². The molecule has 1 heterocycles. The lowest BCUT2D eigenvalue weighted by Crippen LogP contribution is -1.96. The summed E-state index contributed by atoms with van der Waals surface area (Å²) in [5, 5.41) is 19.7. The van der Waals surface area contributed by atoms with Crippen molar-refractivity contribution in [1.29, 1.82) is 5.53 Å². The first-order chi connectivity index (χ1) is 15.4. The molecule has 160 valence electrons. The molecule has 4 aromatic rings. The molecule has 0 aliphatic heterocycles. The molecule has 0 aliphatic carbocycles. The second-order valence-corrected chi connectivity index (χ2v) is 8.05. The largest absolute Gasteiger partial charge is 0.505 e. The Hall–Kier alpha value is -3.60. The SMILES string of the molecule is N=N/C(=C\Nc1ccc(O)c(F)c1)c1ccc2c(Nc3cc(F)cc(I)c3)cccc2n1. The van der Waals surface area contributed by atoms with Crippen LogP contribution in [-0.2, 0) is 0 Å². The smallest absolute Gasteiger partial charge is 0.166 e. The van der Waals surface area contributed by atoms with Gasteiger partial charge in [0.05, 0.1) is 11.2 Å². The number of anilines is 3. The van der Waals surface area contributed by atoms with Crippen LogP contribution in [0, 0.1) is 20.7 Å². The Morgan fingerprint density at radius 2 is 1.88 bits per heavy atom. The number of aromatic hydroxyl groups is 1. The van der Waals surface area contributed by atoms with Crippen molar-refractivity contribution in [2.45, 2.75) is 0 Å². The van der Waals surface area contributed by atoms with Crippen LogP contribution in [0.25, 0.3) is 16.6 Å². The number of pyridine rings is 1. The lowest BCUT2D eigenvalue weighted by molar-refractivity contribution is 0.432. The van der Waals surface area contributed by atoms with Gasteiger partial charge in [-0.3, -0.25) is 0 Å². The van der Waals surface area contributed by atoms with Crippen molar-refractivity contribution in [2.75, 3.05) is 10.6 Å². The van der Waals surface area contributed by atoms with Crippen LogP contribution >= 0.6 is 22.6 Å². The van der Waals surface area contributed by atoms with Crippen molar-refractivity contribution in [2.24, 2.45) is 5.11 Å². The predicted molar refractivity (Wildman–Crippen MR) is 129 cm³/mol. The Bertz CT molecular complexity index is 1340. The van der Waals surface area contributed by atoms with Gasteiger partial charge in [-0.2, -0.15) is 5.11 Å². The van der Waals surface area contributed by atoms with Crippen LogP contribution in [0.4, 0.5) is 25.8 Å². The lowest BCUT2D eigenvalue weighted by atomic mass is 10.1. The molecule has 0 bridgehead atoms. The van der Waals surface area contributed by atoms with Crippen LogP contribution in [0.15, 0.2) is 78.0 Å². The summed E-state index contributed by atoms with van der Waals surface area (Å²) in [6.07, 6.45) is 1.43. The molecule has 0 radical (unpaired) electrons. The summed E-state index contributed by atoms with van der Waals surface area (Å²) >= 11 is 2.06. The molecule has 6 nitrogen and oxygen atoms in total. The molecule has 0 amide bonds. The minimum Gasteiger partial charge on any atom is -0.505 e. The zero-order valence-corrected chi connectivity index (χ0v) is 18.6. The number of hydrogen-bond acceptors (Lipinski definition) is 6. The maximum atomic E-state index is 13.7. The quantitative estimate of drug-likeness (QED) is 0.120. The van der Waals surface area contributed by atoms with Crippen LogP contribution in [0.1, 0.15) is 5.69 Å². The molecule has 0 saturated heterocycles. The molecule has 0 fully saturated rings. The molecule has 0 spiro atoms. The van der Waals surface area contributed by atoms with Gasteiger partial charge < -0.3 is 15.7 Å². The van der Waals surface area contributed by atoms with Gasteiger partial charge in [0.15, 0.2) is 11.6 Å². The monoisotopic (exact) mass is 543 g/mol. The highest BCUT2D eigenvalue weighted by Gasteiger charge is 2.09. The molecule has 0 saturated carbocycles. The Balaban J connectivity index is 1.63. The van der Waals surface area contributed by atoms with Crippen molar-refractivity contribution in [3.63, 3.8) is 0 Å². The molecule has 1 aromatic heterocycles. The molecule has 4 N–H and O–H groups in total. The summed E-state index contributed by atoms with van der Waals surface area (Å²) in [5.74, 6) is -1.53. The minimum atomic E-state index is -0.760. The van der Waals surface area contributed by atoms with E-state index in [-0.39, 0.29) is 11.5 Å². The van der Waals surface area contributed by atoms with Crippen molar-refractivity contribution >= 4 is 56.3 Å². The average Bonchev–Trinajstić information content (AvgIpc) is 2.76. The second kappa shape index (κ2) is 9.27. The fourth-order valence-electron chi connectivity index (χ4n) is 3.10. The molecule has 3 aromatic carbocycles. The number of aromatic nitrogens is 1. The van der Waals surface area contributed by atoms with E-state index in [4.69, 9.17) is 5.53 Å². The van der Waals surface area contributed by atoms with Gasteiger partial charge in [0, 0.05) is 38.3 Å². The fraction of sp³-hybridized carbons (Fsp3) is 0. The summed E-state index contributed by atoms with van der Waals surface area (Å²) in [7, 11) is 0. The highest BCUT2D eigenvalue weighted by atomic mass is 127. The van der Waals surface area contributed by atoms with Gasteiger partial charge in [0.25, 0.3) is 0 Å². The van der Waals surface area contributed by atoms with Crippen molar-refractivity contribution in [1.82, 2.24) is 4.98 Å². The maximum Gasteiger partial charge on any atom is 0.166 e. The van der Waals surface area contributed by atoms with E-state index >= 15 is 0 Å². The van der Waals surface area contributed by atoms with Crippen LogP contribution < -0.4 is 10.6 Å². The Kier molecular flexibility index (Phi) is 6.26. The number of hydrogen-bond donors (Lipinski definition) is 4. The number of nitrogens with one attached hydrogen (secondary N) is 3. The number of phenolic OH excluding ortho intramolecular Hbond substituents is 1. The third kappa shape index (κ3) is 4.83. The summed E-state index contributed by atoms with van der Waals surface area (Å²) in [4.78, 5) is 4.58. The first-order valence-electron chi connectivity index (χ1n) is 9.39. The first-order valence-corrected chi connectivity index (χ1v) is 10.5. The van der Waals surface area contributed by atoms with E-state index in [1.165, 1.54) is 30.5 Å². The summed E-state index contributed by atoms with van der Waals surface area (Å²) in [5.41, 5.74) is 10.6. The number of phenols is 1. The third-order valence-corrected chi connectivity index (χ3v) is 5.20. The molecule has 9 heteroatoms. The Morgan fingerprint density at radius 3 is 2.62 bits per heavy atom. The van der Waals surface area contributed by atoms with Crippen molar-refractivity contribution in [3.05, 3.63) is 93.8 Å². The average molecular weight is 543 g/mol. The topological polar surface area (TPSA) is 93.4 Å². The van der Waals surface area contributed by atoms with E-state index in [1.54, 1.807) is 6.07 Å². The minimum absolute atomic E-state index is 0.235. The molecule has 4 rings (SSSR count). The number of fused-ring (bicyclic) bond motifs is 1. The van der Waals surface area contributed by atoms with Crippen LogP contribution in [0.5, 0.6) is 5.75 Å². The maximum absolute atomic E-state index is 13.7. The third-order valence-electron chi connectivity index (χ3n) is 4.58. The first kappa shape index (κ1) is 21.6. The van der Waals surface area contributed by atoms with Gasteiger partial charge >= 0.3 is 0 Å². The predicted octanol–water partition coefficient (Wildman–Crippen LogP) is 7.01. The highest BCUT2D eigenvalue weighted by Crippen LogP contribution is 2.28. The van der Waals surface area contributed by atoms with Gasteiger partial charge in [-0.05, 0) is 77.2 Å². The van der Waals surface area contributed by atoms with Gasteiger partial charge in [-0.25, -0.2) is 19.3 Å². The van der Waals surface area contributed by atoms with Crippen LogP contribution in [-0.4, -0.2) is 10.1 Å². The van der Waals surface area contributed by atoms with Crippen LogP contribution in [0.3, 0.4) is 0 Å². The highest BCUT2D eigenvalue weighted by molar-refractivity contribution is 14.1. The fourth-order valence-corrected chi connectivity index (χ4v) is 3.73. The number of halogens is 3. The van der Waals surface area contributed by atoms with Gasteiger partial charge in [-0.1, -0.05) is 6.07 Å². The molecule has 0 unspecified atom stereocenters. The van der Waals surface area contributed by atoms with E-state index in [0.29, 0.717) is 22.6 Å².